The molecule has 2 aliphatic heterocycles. The van der Waals surface area contributed by atoms with Gasteiger partial charge in [-0.1, -0.05) is 6.07 Å². The average molecular weight is 649 g/mol. The number of rotatable bonds is 3. The number of carbonyl (C=O) groups is 1. The highest BCUT2D eigenvalue weighted by Gasteiger charge is 2.49. The Balaban J connectivity index is 1.24. The normalized spacial score (nSPS) is 22.7. The van der Waals surface area contributed by atoms with Crippen molar-refractivity contribution in [3.05, 3.63) is 45.0 Å². The molecule has 208 valence electrons. The second kappa shape index (κ2) is 10.1. The number of hydrogen-bond donors (Lipinski definition) is 1. The van der Waals surface area contributed by atoms with Gasteiger partial charge < -0.3 is 19.7 Å². The topological polar surface area (TPSA) is 94.4 Å². The van der Waals surface area contributed by atoms with Crippen LogP contribution in [0.4, 0.5) is 15.0 Å². The Kier molecular flexibility index (Phi) is 6.93. The van der Waals surface area contributed by atoms with E-state index in [-0.39, 0.29) is 23.5 Å². The molecule has 39 heavy (non-hydrogen) atoms. The van der Waals surface area contributed by atoms with Gasteiger partial charge in [0.05, 0.1) is 12.2 Å². The molecule has 9 nitrogen and oxygen atoms in total. The van der Waals surface area contributed by atoms with Crippen LogP contribution < -0.4 is 10.2 Å². The summed E-state index contributed by atoms with van der Waals surface area (Å²) in [6.45, 7) is 7.77. The van der Waals surface area contributed by atoms with Gasteiger partial charge in [-0.3, -0.25) is 0 Å². The number of carbonyl (C=O) groups excluding carboxylic acids is 1. The number of ether oxygens (including phenoxy) is 2. The van der Waals surface area contributed by atoms with E-state index in [2.05, 4.69) is 32.8 Å². The summed E-state index contributed by atoms with van der Waals surface area (Å²) in [5.41, 5.74) is 2.64. The minimum atomic E-state index is -0.602. The van der Waals surface area contributed by atoms with Gasteiger partial charge in [-0.15, -0.1) is 0 Å². The lowest BCUT2D eigenvalue weighted by molar-refractivity contribution is -0.0372. The second-order valence-electron chi connectivity index (χ2n) is 11.9. The highest BCUT2D eigenvalue weighted by atomic mass is 127. The van der Waals surface area contributed by atoms with E-state index in [0.717, 1.165) is 83.6 Å². The molecule has 0 bridgehead atoms. The van der Waals surface area contributed by atoms with E-state index in [1.165, 1.54) is 6.07 Å². The lowest BCUT2D eigenvalue weighted by Crippen LogP contribution is -2.48. The summed E-state index contributed by atoms with van der Waals surface area (Å²) >= 11 is 2.21. The van der Waals surface area contributed by atoms with Crippen LogP contribution in [-0.2, 0) is 15.9 Å². The quantitative estimate of drug-likeness (QED) is 0.366. The van der Waals surface area contributed by atoms with Gasteiger partial charge in [-0.2, -0.15) is 5.10 Å². The number of nitrogens with one attached hydrogen (secondary N) is 1. The van der Waals surface area contributed by atoms with E-state index in [1.54, 1.807) is 6.07 Å². The molecule has 1 N–H and O–H groups in total. The summed E-state index contributed by atoms with van der Waals surface area (Å²) in [5, 5.41) is 7.84. The molecule has 1 unspecified atom stereocenters. The SMILES string of the molecule is CC(C)(C)OC(=O)N[C@@H]1c2ccc(F)cc2CC12CCN(c1cnc3c(I)nn(C4CCCCO4)c3n1)CC2. The smallest absolute Gasteiger partial charge is 0.408 e. The Hall–Kier alpha value is -2.54. The first kappa shape index (κ1) is 26.7. The van der Waals surface area contributed by atoms with Crippen LogP contribution in [0.3, 0.4) is 0 Å². The monoisotopic (exact) mass is 648 g/mol. The number of nitrogens with zero attached hydrogens (tertiary/aromatic N) is 5. The molecule has 1 aliphatic carbocycles. The second-order valence-corrected chi connectivity index (χ2v) is 12.9. The fraction of sp³-hybridized carbons (Fsp3) is 0.571. The van der Waals surface area contributed by atoms with Crippen LogP contribution in [0.15, 0.2) is 24.4 Å². The van der Waals surface area contributed by atoms with Gasteiger partial charge in [0.1, 0.15) is 22.8 Å². The molecule has 0 saturated carbocycles. The molecule has 1 aromatic carbocycles. The predicted octanol–water partition coefficient (Wildman–Crippen LogP) is 5.68. The molecule has 2 atom stereocenters. The van der Waals surface area contributed by atoms with Gasteiger partial charge in [-0.05, 0) is 105 Å². The molecular formula is C28H34FIN6O3. The van der Waals surface area contributed by atoms with Gasteiger partial charge in [-0.25, -0.2) is 23.8 Å². The maximum absolute atomic E-state index is 14.2. The number of aromatic nitrogens is 4. The summed E-state index contributed by atoms with van der Waals surface area (Å²) in [4.78, 5) is 24.8. The number of fused-ring (bicyclic) bond motifs is 2. The van der Waals surface area contributed by atoms with Crippen LogP contribution >= 0.6 is 22.6 Å². The van der Waals surface area contributed by atoms with Crippen molar-refractivity contribution >= 4 is 45.7 Å². The summed E-state index contributed by atoms with van der Waals surface area (Å²) < 4.78 is 28.5. The van der Waals surface area contributed by atoms with E-state index in [9.17, 15) is 9.18 Å². The van der Waals surface area contributed by atoms with E-state index in [1.807, 2.05) is 37.7 Å². The summed E-state index contributed by atoms with van der Waals surface area (Å²) in [5.74, 6) is 0.555. The fourth-order valence-electron chi connectivity index (χ4n) is 6.26. The summed E-state index contributed by atoms with van der Waals surface area (Å²) in [7, 11) is 0. The number of alkyl carbamates (subject to hydrolysis) is 1. The van der Waals surface area contributed by atoms with Crippen molar-refractivity contribution in [3.8, 4) is 0 Å². The number of halogens is 2. The molecule has 2 aromatic heterocycles. The highest BCUT2D eigenvalue weighted by Crippen LogP contribution is 2.52. The number of piperidine rings is 1. The zero-order chi connectivity index (χ0) is 27.4. The van der Waals surface area contributed by atoms with Crippen LogP contribution in [0.1, 0.15) is 76.3 Å². The Morgan fingerprint density at radius 2 is 2.05 bits per heavy atom. The Labute approximate surface area is 241 Å². The van der Waals surface area contributed by atoms with Crippen molar-refractivity contribution in [1.29, 1.82) is 0 Å². The molecule has 6 rings (SSSR count). The van der Waals surface area contributed by atoms with E-state index < -0.39 is 11.7 Å². The first-order valence-corrected chi connectivity index (χ1v) is 14.7. The Bertz CT molecular complexity index is 1390. The van der Waals surface area contributed by atoms with Crippen molar-refractivity contribution in [2.75, 3.05) is 24.6 Å². The van der Waals surface area contributed by atoms with Crippen LogP contribution in [-0.4, -0.2) is 51.1 Å². The van der Waals surface area contributed by atoms with Crippen LogP contribution in [0.2, 0.25) is 0 Å². The molecule has 1 spiro atoms. The minimum Gasteiger partial charge on any atom is -0.444 e. The third-order valence-electron chi connectivity index (χ3n) is 8.09. The highest BCUT2D eigenvalue weighted by molar-refractivity contribution is 14.1. The third kappa shape index (κ3) is 5.19. The van der Waals surface area contributed by atoms with E-state index >= 15 is 0 Å². The van der Waals surface area contributed by atoms with Gasteiger partial charge in [0.15, 0.2) is 15.6 Å². The number of hydrogen-bond acceptors (Lipinski definition) is 7. The molecule has 0 radical (unpaired) electrons. The van der Waals surface area contributed by atoms with Crippen molar-refractivity contribution in [1.82, 2.24) is 25.1 Å². The average Bonchev–Trinajstić information content (AvgIpc) is 3.37. The number of benzene rings is 1. The lowest BCUT2D eigenvalue weighted by atomic mass is 9.72. The first-order chi connectivity index (χ1) is 18.6. The number of amides is 1. The molecule has 4 heterocycles. The minimum absolute atomic E-state index is 0.115. The van der Waals surface area contributed by atoms with E-state index in [4.69, 9.17) is 24.5 Å². The zero-order valence-corrected chi connectivity index (χ0v) is 24.7. The predicted molar refractivity (Wildman–Crippen MR) is 153 cm³/mol. The molecule has 3 aliphatic rings. The van der Waals surface area contributed by atoms with Gasteiger partial charge in [0.2, 0.25) is 0 Å². The summed E-state index contributed by atoms with van der Waals surface area (Å²) in [6.07, 6.45) is 6.69. The van der Waals surface area contributed by atoms with Gasteiger partial charge >= 0.3 is 6.09 Å². The molecular weight excluding hydrogens is 614 g/mol. The van der Waals surface area contributed by atoms with Crippen molar-refractivity contribution < 1.29 is 18.7 Å². The molecule has 11 heteroatoms. The zero-order valence-electron chi connectivity index (χ0n) is 22.5. The van der Waals surface area contributed by atoms with Crippen LogP contribution in [0, 0.1) is 14.9 Å². The van der Waals surface area contributed by atoms with Crippen LogP contribution in [0.25, 0.3) is 11.2 Å². The molecule has 3 aromatic rings. The van der Waals surface area contributed by atoms with Crippen LogP contribution in [0.5, 0.6) is 0 Å². The summed E-state index contributed by atoms with van der Waals surface area (Å²) in [6, 6.07) is 4.64. The largest absolute Gasteiger partial charge is 0.444 e. The molecule has 2 fully saturated rings. The maximum Gasteiger partial charge on any atom is 0.408 e. The Morgan fingerprint density at radius 3 is 2.77 bits per heavy atom. The molecule has 2 saturated heterocycles. The maximum atomic E-state index is 14.2. The van der Waals surface area contributed by atoms with Gasteiger partial charge in [0.25, 0.3) is 0 Å². The standard InChI is InChI=1S/C28H34FIN6O3/c1-27(2,3)39-26(37)33-23-19-8-7-18(29)14-17(19)15-28(23)9-11-35(12-10-28)20-16-31-22-24(30)34-36(25(22)32-20)21-6-4-5-13-38-21/h7-8,14,16,21,23H,4-6,9-13,15H2,1-3H3,(H,33,37)/t21?,23-/m1/s1. The third-order valence-corrected chi connectivity index (χ3v) is 8.82. The Morgan fingerprint density at radius 1 is 1.26 bits per heavy atom. The molecule has 1 amide bonds. The fourth-order valence-corrected chi connectivity index (χ4v) is 6.87. The number of anilines is 1. The van der Waals surface area contributed by atoms with E-state index in [0.29, 0.717) is 6.42 Å². The van der Waals surface area contributed by atoms with Crippen molar-refractivity contribution in [2.45, 2.75) is 77.2 Å². The first-order valence-electron chi connectivity index (χ1n) is 13.7. The van der Waals surface area contributed by atoms with Crippen molar-refractivity contribution in [2.24, 2.45) is 5.41 Å². The van der Waals surface area contributed by atoms with Gasteiger partial charge in [0, 0.05) is 25.1 Å². The lowest BCUT2D eigenvalue weighted by Gasteiger charge is -2.43. The van der Waals surface area contributed by atoms with Crippen molar-refractivity contribution in [3.63, 3.8) is 0 Å².